The van der Waals surface area contributed by atoms with Crippen molar-refractivity contribution in [2.75, 3.05) is 0 Å². The number of rotatable bonds is 2. The van der Waals surface area contributed by atoms with Crippen LogP contribution < -0.4 is 0 Å². The molecule has 0 unspecified atom stereocenters. The van der Waals surface area contributed by atoms with Crippen molar-refractivity contribution in [2.24, 2.45) is 0 Å². The molecule has 0 aromatic heterocycles. The maximum atomic E-state index is 3.48. The molecule has 0 bridgehead atoms. The highest BCUT2D eigenvalue weighted by molar-refractivity contribution is 9.10. The third kappa shape index (κ3) is 2.80. The summed E-state index contributed by atoms with van der Waals surface area (Å²) in [7, 11) is 0. The molecular weight excluding hydrogens is 344 g/mol. The molecule has 0 aliphatic rings. The van der Waals surface area contributed by atoms with E-state index in [0.717, 1.165) is 4.47 Å². The molecule has 1 heteroatoms. The van der Waals surface area contributed by atoms with Crippen LogP contribution in [-0.2, 0) is 0 Å². The molecule has 110 valence electrons. The molecule has 0 aliphatic heterocycles. The summed E-state index contributed by atoms with van der Waals surface area (Å²) in [5.41, 5.74) is 5.01. The molecule has 0 aliphatic carbocycles. The van der Waals surface area contributed by atoms with E-state index >= 15 is 0 Å². The lowest BCUT2D eigenvalue weighted by Gasteiger charge is -2.08. The van der Waals surface area contributed by atoms with Crippen molar-refractivity contribution in [3.63, 3.8) is 0 Å². The van der Waals surface area contributed by atoms with E-state index in [4.69, 9.17) is 0 Å². The lowest BCUT2D eigenvalue weighted by molar-refractivity contribution is 1.59. The Kier molecular flexibility index (Phi) is 3.72. The summed E-state index contributed by atoms with van der Waals surface area (Å²) in [4.78, 5) is 0. The standard InChI is InChI=1S/C22H15Br/c23-20-14-12-17(13-15-20)16-8-10-19(11-9-16)22-7-3-5-18-4-1-2-6-21(18)22/h1-15H. The predicted molar refractivity (Wildman–Crippen MR) is 103 cm³/mol. The zero-order valence-corrected chi connectivity index (χ0v) is 14.1. The molecule has 0 N–H and O–H groups in total. The molecule has 23 heavy (non-hydrogen) atoms. The molecule has 0 saturated carbocycles. The molecule has 0 nitrogen and oxygen atoms in total. The second-order valence-corrected chi connectivity index (χ2v) is 6.53. The zero-order valence-electron chi connectivity index (χ0n) is 12.5. The average Bonchev–Trinajstić information content (AvgIpc) is 2.62. The second-order valence-electron chi connectivity index (χ2n) is 5.61. The fraction of sp³-hybridized carbons (Fsp3) is 0. The smallest absolute Gasteiger partial charge is 0.0175 e. The van der Waals surface area contributed by atoms with Gasteiger partial charge >= 0.3 is 0 Å². The summed E-state index contributed by atoms with van der Waals surface area (Å²) in [5, 5.41) is 2.58. The average molecular weight is 359 g/mol. The Bertz CT molecular complexity index is 946. The molecule has 4 aromatic carbocycles. The first-order valence-electron chi connectivity index (χ1n) is 7.65. The molecule has 0 fully saturated rings. The van der Waals surface area contributed by atoms with Crippen LogP contribution in [0.2, 0.25) is 0 Å². The Labute approximate surface area is 144 Å². The van der Waals surface area contributed by atoms with E-state index in [-0.39, 0.29) is 0 Å². The largest absolute Gasteiger partial charge is 0.0616 e. The van der Waals surface area contributed by atoms with Crippen molar-refractivity contribution < 1.29 is 0 Å². The number of hydrogen-bond donors (Lipinski definition) is 0. The first-order chi connectivity index (χ1) is 11.3. The predicted octanol–water partition coefficient (Wildman–Crippen LogP) is 6.94. The van der Waals surface area contributed by atoms with Gasteiger partial charge in [-0.25, -0.2) is 0 Å². The van der Waals surface area contributed by atoms with Gasteiger partial charge in [0.1, 0.15) is 0 Å². The van der Waals surface area contributed by atoms with Gasteiger partial charge in [0, 0.05) is 4.47 Å². The SMILES string of the molecule is Brc1ccc(-c2ccc(-c3cccc4ccccc34)cc2)cc1. The van der Waals surface area contributed by atoms with Gasteiger partial charge in [-0.2, -0.15) is 0 Å². The van der Waals surface area contributed by atoms with E-state index in [1.807, 2.05) is 0 Å². The first kappa shape index (κ1) is 14.2. The molecule has 0 atom stereocenters. The summed E-state index contributed by atoms with van der Waals surface area (Å²) in [6.45, 7) is 0. The Morgan fingerprint density at radius 2 is 1.04 bits per heavy atom. The highest BCUT2D eigenvalue weighted by Crippen LogP contribution is 2.30. The van der Waals surface area contributed by atoms with Crippen molar-refractivity contribution in [1.82, 2.24) is 0 Å². The third-order valence-corrected chi connectivity index (χ3v) is 4.69. The first-order valence-corrected chi connectivity index (χ1v) is 8.45. The molecule has 4 aromatic rings. The summed E-state index contributed by atoms with van der Waals surface area (Å²) in [6.07, 6.45) is 0. The maximum absolute atomic E-state index is 3.48. The number of halogens is 1. The van der Waals surface area contributed by atoms with Gasteiger partial charge in [0.05, 0.1) is 0 Å². The van der Waals surface area contributed by atoms with Gasteiger partial charge in [-0.3, -0.25) is 0 Å². The van der Waals surface area contributed by atoms with Gasteiger partial charge in [-0.05, 0) is 45.2 Å². The molecule has 0 radical (unpaired) electrons. The Morgan fingerprint density at radius 3 is 1.78 bits per heavy atom. The van der Waals surface area contributed by atoms with Gasteiger partial charge in [0.15, 0.2) is 0 Å². The van der Waals surface area contributed by atoms with E-state index in [1.165, 1.54) is 33.0 Å². The van der Waals surface area contributed by atoms with Crippen LogP contribution >= 0.6 is 15.9 Å². The Balaban J connectivity index is 1.77. The van der Waals surface area contributed by atoms with Crippen molar-refractivity contribution in [3.8, 4) is 22.3 Å². The summed E-state index contributed by atoms with van der Waals surface area (Å²) in [5.74, 6) is 0. The lowest BCUT2D eigenvalue weighted by Crippen LogP contribution is -1.82. The van der Waals surface area contributed by atoms with Crippen LogP contribution in [0, 0.1) is 0 Å². The van der Waals surface area contributed by atoms with Gasteiger partial charge < -0.3 is 0 Å². The highest BCUT2D eigenvalue weighted by atomic mass is 79.9. The molecule has 0 amide bonds. The van der Waals surface area contributed by atoms with E-state index in [0.29, 0.717) is 0 Å². The van der Waals surface area contributed by atoms with Gasteiger partial charge in [0.25, 0.3) is 0 Å². The Morgan fingerprint density at radius 1 is 0.478 bits per heavy atom. The molecule has 0 saturated heterocycles. The minimum absolute atomic E-state index is 1.11. The van der Waals surface area contributed by atoms with Crippen LogP contribution in [0.25, 0.3) is 33.0 Å². The normalized spacial score (nSPS) is 10.8. The minimum atomic E-state index is 1.11. The van der Waals surface area contributed by atoms with Crippen molar-refractivity contribution in [2.45, 2.75) is 0 Å². The van der Waals surface area contributed by atoms with Crippen LogP contribution in [0.3, 0.4) is 0 Å². The van der Waals surface area contributed by atoms with E-state index in [2.05, 4.69) is 107 Å². The number of fused-ring (bicyclic) bond motifs is 1. The van der Waals surface area contributed by atoms with Crippen LogP contribution in [0.4, 0.5) is 0 Å². The number of hydrogen-bond acceptors (Lipinski definition) is 0. The van der Waals surface area contributed by atoms with Crippen LogP contribution in [0.5, 0.6) is 0 Å². The Hall–Kier alpha value is -2.38. The third-order valence-electron chi connectivity index (χ3n) is 4.16. The highest BCUT2D eigenvalue weighted by Gasteiger charge is 2.04. The van der Waals surface area contributed by atoms with E-state index < -0.39 is 0 Å². The van der Waals surface area contributed by atoms with Gasteiger partial charge in [-0.1, -0.05) is 94.8 Å². The number of benzene rings is 4. The monoisotopic (exact) mass is 358 g/mol. The molecule has 0 spiro atoms. The zero-order chi connectivity index (χ0) is 15.6. The van der Waals surface area contributed by atoms with Crippen molar-refractivity contribution in [1.29, 1.82) is 0 Å². The van der Waals surface area contributed by atoms with Crippen LogP contribution in [0.15, 0.2) is 95.5 Å². The fourth-order valence-corrected chi connectivity index (χ4v) is 3.23. The topological polar surface area (TPSA) is 0 Å². The van der Waals surface area contributed by atoms with E-state index in [1.54, 1.807) is 0 Å². The van der Waals surface area contributed by atoms with E-state index in [9.17, 15) is 0 Å². The van der Waals surface area contributed by atoms with Gasteiger partial charge in [-0.15, -0.1) is 0 Å². The van der Waals surface area contributed by atoms with Crippen LogP contribution in [0.1, 0.15) is 0 Å². The molecule has 4 rings (SSSR count). The van der Waals surface area contributed by atoms with Crippen molar-refractivity contribution >= 4 is 26.7 Å². The maximum Gasteiger partial charge on any atom is 0.0175 e. The van der Waals surface area contributed by atoms with Gasteiger partial charge in [0.2, 0.25) is 0 Å². The fourth-order valence-electron chi connectivity index (χ4n) is 2.96. The van der Waals surface area contributed by atoms with Crippen molar-refractivity contribution in [3.05, 3.63) is 95.5 Å². The quantitative estimate of drug-likeness (QED) is 0.364. The molecular formula is C22H15Br. The summed E-state index contributed by atoms with van der Waals surface area (Å²) in [6, 6.07) is 32.2. The summed E-state index contributed by atoms with van der Waals surface area (Å²) >= 11 is 3.48. The molecule has 0 heterocycles. The second kappa shape index (κ2) is 6.02. The lowest BCUT2D eigenvalue weighted by atomic mass is 9.96. The van der Waals surface area contributed by atoms with Crippen LogP contribution in [-0.4, -0.2) is 0 Å². The summed E-state index contributed by atoms with van der Waals surface area (Å²) < 4.78 is 1.11. The minimum Gasteiger partial charge on any atom is -0.0616 e.